The summed E-state index contributed by atoms with van der Waals surface area (Å²) in [5.74, 6) is -0.759. The molecule has 1 aliphatic rings. The second kappa shape index (κ2) is 5.49. The summed E-state index contributed by atoms with van der Waals surface area (Å²) in [4.78, 5) is 14.9. The van der Waals surface area contributed by atoms with Gasteiger partial charge in [0.05, 0.1) is 0 Å². The van der Waals surface area contributed by atoms with Crippen molar-refractivity contribution in [2.45, 2.75) is 13.0 Å². The lowest BCUT2D eigenvalue weighted by Gasteiger charge is -2.36. The molecule has 0 radical (unpaired) electrons. The molecule has 1 fully saturated rings. The van der Waals surface area contributed by atoms with Crippen LogP contribution >= 0.6 is 11.6 Å². The average molecular weight is 233 g/mol. The van der Waals surface area contributed by atoms with E-state index in [-0.39, 0.29) is 0 Å². The second-order valence-electron chi connectivity index (χ2n) is 3.84. The van der Waals surface area contributed by atoms with E-state index in [2.05, 4.69) is 11.5 Å². The molecule has 1 saturated heterocycles. The van der Waals surface area contributed by atoms with Gasteiger partial charge in [0.2, 0.25) is 0 Å². The quantitative estimate of drug-likeness (QED) is 0.780. The Labute approximate surface area is 95.1 Å². The summed E-state index contributed by atoms with van der Waals surface area (Å²) in [7, 11) is 0. The molecule has 0 bridgehead atoms. The first kappa shape index (κ1) is 12.5. The lowest BCUT2D eigenvalue weighted by Crippen LogP contribution is -2.51. The van der Waals surface area contributed by atoms with Gasteiger partial charge in [-0.1, -0.05) is 18.2 Å². The molecule has 1 aliphatic heterocycles. The molecule has 4 nitrogen and oxygen atoms in total. The van der Waals surface area contributed by atoms with Gasteiger partial charge in [-0.05, 0) is 6.92 Å². The molecule has 15 heavy (non-hydrogen) atoms. The van der Waals surface area contributed by atoms with Gasteiger partial charge in [-0.2, -0.15) is 0 Å². The van der Waals surface area contributed by atoms with Gasteiger partial charge in [-0.15, -0.1) is 0 Å². The summed E-state index contributed by atoms with van der Waals surface area (Å²) in [6.45, 7) is 9.31. The summed E-state index contributed by atoms with van der Waals surface area (Å²) in [5.41, 5.74) is 0. The highest BCUT2D eigenvalue weighted by atomic mass is 35.5. The number of hydrogen-bond acceptors (Lipinski definition) is 3. The average Bonchev–Trinajstić information content (AvgIpc) is 2.17. The normalized spacial score (nSPS) is 21.2. The summed E-state index contributed by atoms with van der Waals surface area (Å²) in [6.07, 6.45) is 0. The Hall–Kier alpha value is -0.580. The van der Waals surface area contributed by atoms with Crippen LogP contribution in [0.1, 0.15) is 6.92 Å². The molecular formula is C10H17ClN2O2. The molecule has 1 heterocycles. The number of halogens is 1. The third-order valence-electron chi connectivity index (χ3n) is 2.71. The van der Waals surface area contributed by atoms with E-state index in [0.717, 1.165) is 26.2 Å². The van der Waals surface area contributed by atoms with Crippen molar-refractivity contribution < 1.29 is 9.90 Å². The minimum Gasteiger partial charge on any atom is -0.480 e. The fourth-order valence-corrected chi connectivity index (χ4v) is 1.88. The zero-order valence-corrected chi connectivity index (χ0v) is 9.70. The number of carboxylic acids is 1. The fraction of sp³-hybridized carbons (Fsp3) is 0.700. The van der Waals surface area contributed by atoms with Crippen molar-refractivity contribution in [1.82, 2.24) is 9.80 Å². The Morgan fingerprint density at radius 2 is 2.00 bits per heavy atom. The Bertz CT molecular complexity index is 250. The van der Waals surface area contributed by atoms with Crippen LogP contribution < -0.4 is 0 Å². The molecule has 1 rings (SSSR count). The molecule has 1 N–H and O–H groups in total. The molecule has 86 valence electrons. The van der Waals surface area contributed by atoms with E-state index < -0.39 is 12.0 Å². The van der Waals surface area contributed by atoms with Gasteiger partial charge in [-0.25, -0.2) is 0 Å². The maximum absolute atomic E-state index is 10.8. The summed E-state index contributed by atoms with van der Waals surface area (Å²) in [5, 5.41) is 9.49. The highest BCUT2D eigenvalue weighted by Gasteiger charge is 2.24. The van der Waals surface area contributed by atoms with E-state index in [1.165, 1.54) is 0 Å². The van der Waals surface area contributed by atoms with Crippen molar-refractivity contribution in [3.05, 3.63) is 11.6 Å². The first-order chi connectivity index (χ1) is 7.00. The standard InChI is InChI=1S/C10H17ClN2O2/c1-8(11)7-12-3-5-13(6-4-12)9(2)10(14)15/h9H,1,3-7H2,2H3,(H,14,15). The van der Waals surface area contributed by atoms with Crippen molar-refractivity contribution in [1.29, 1.82) is 0 Å². The smallest absolute Gasteiger partial charge is 0.320 e. The van der Waals surface area contributed by atoms with Crippen LogP contribution in [0, 0.1) is 0 Å². The molecule has 0 saturated carbocycles. The van der Waals surface area contributed by atoms with Crippen molar-refractivity contribution in [3.63, 3.8) is 0 Å². The molecule has 1 unspecified atom stereocenters. The number of nitrogens with zero attached hydrogens (tertiary/aromatic N) is 2. The Morgan fingerprint density at radius 3 is 2.40 bits per heavy atom. The minimum atomic E-state index is -0.759. The third-order valence-corrected chi connectivity index (χ3v) is 2.83. The van der Waals surface area contributed by atoms with Gasteiger partial charge in [-0.3, -0.25) is 14.6 Å². The van der Waals surface area contributed by atoms with E-state index in [4.69, 9.17) is 16.7 Å². The van der Waals surface area contributed by atoms with Gasteiger partial charge in [0.1, 0.15) is 6.04 Å². The predicted octanol–water partition coefficient (Wildman–Crippen LogP) is 0.830. The number of aliphatic carboxylic acids is 1. The molecular weight excluding hydrogens is 216 g/mol. The molecule has 0 aromatic rings. The summed E-state index contributed by atoms with van der Waals surface area (Å²) >= 11 is 5.72. The van der Waals surface area contributed by atoms with E-state index in [0.29, 0.717) is 11.6 Å². The van der Waals surface area contributed by atoms with Gasteiger partial charge < -0.3 is 5.11 Å². The predicted molar refractivity (Wildman–Crippen MR) is 60.1 cm³/mol. The van der Waals surface area contributed by atoms with Gasteiger partial charge >= 0.3 is 5.97 Å². The van der Waals surface area contributed by atoms with Crippen LogP contribution in [0.4, 0.5) is 0 Å². The van der Waals surface area contributed by atoms with Crippen molar-refractivity contribution in [3.8, 4) is 0 Å². The van der Waals surface area contributed by atoms with Crippen molar-refractivity contribution in [2.75, 3.05) is 32.7 Å². The fourth-order valence-electron chi connectivity index (χ4n) is 1.71. The maximum Gasteiger partial charge on any atom is 0.320 e. The zero-order chi connectivity index (χ0) is 11.4. The Morgan fingerprint density at radius 1 is 1.47 bits per heavy atom. The molecule has 5 heteroatoms. The Kier molecular flexibility index (Phi) is 4.57. The van der Waals surface area contributed by atoms with Crippen molar-refractivity contribution >= 4 is 17.6 Å². The van der Waals surface area contributed by atoms with Gasteiger partial charge in [0, 0.05) is 37.8 Å². The van der Waals surface area contributed by atoms with E-state index in [9.17, 15) is 4.79 Å². The SMILES string of the molecule is C=C(Cl)CN1CCN(C(C)C(=O)O)CC1. The highest BCUT2D eigenvalue weighted by Crippen LogP contribution is 2.09. The lowest BCUT2D eigenvalue weighted by molar-refractivity contribution is -0.143. The van der Waals surface area contributed by atoms with E-state index >= 15 is 0 Å². The van der Waals surface area contributed by atoms with Gasteiger partial charge in [0.15, 0.2) is 0 Å². The van der Waals surface area contributed by atoms with E-state index in [1.807, 2.05) is 4.90 Å². The number of carboxylic acid groups (broad SMARTS) is 1. The highest BCUT2D eigenvalue weighted by molar-refractivity contribution is 6.29. The van der Waals surface area contributed by atoms with Crippen LogP contribution in [0.25, 0.3) is 0 Å². The molecule has 0 spiro atoms. The monoisotopic (exact) mass is 232 g/mol. The van der Waals surface area contributed by atoms with Crippen LogP contribution in [0.2, 0.25) is 0 Å². The number of hydrogen-bond donors (Lipinski definition) is 1. The summed E-state index contributed by atoms with van der Waals surface area (Å²) < 4.78 is 0. The number of carbonyl (C=O) groups is 1. The minimum absolute atomic E-state index is 0.397. The van der Waals surface area contributed by atoms with E-state index in [1.54, 1.807) is 6.92 Å². The lowest BCUT2D eigenvalue weighted by atomic mass is 10.2. The molecule has 0 aromatic heterocycles. The number of rotatable bonds is 4. The van der Waals surface area contributed by atoms with Crippen LogP contribution in [0.3, 0.4) is 0 Å². The summed E-state index contributed by atoms with van der Waals surface area (Å²) in [6, 6.07) is -0.397. The molecule has 0 aliphatic carbocycles. The number of piperazine rings is 1. The first-order valence-corrected chi connectivity index (χ1v) is 5.41. The first-order valence-electron chi connectivity index (χ1n) is 5.03. The van der Waals surface area contributed by atoms with Crippen LogP contribution in [-0.4, -0.2) is 59.6 Å². The largest absolute Gasteiger partial charge is 0.480 e. The second-order valence-corrected chi connectivity index (χ2v) is 4.38. The van der Waals surface area contributed by atoms with Crippen LogP contribution in [-0.2, 0) is 4.79 Å². The molecule has 0 aromatic carbocycles. The topological polar surface area (TPSA) is 43.8 Å². The van der Waals surface area contributed by atoms with Crippen molar-refractivity contribution in [2.24, 2.45) is 0 Å². The van der Waals surface area contributed by atoms with Crippen LogP contribution in [0.5, 0.6) is 0 Å². The molecule has 0 amide bonds. The molecule has 1 atom stereocenters. The Balaban J connectivity index is 2.35. The third kappa shape index (κ3) is 3.81. The maximum atomic E-state index is 10.8. The van der Waals surface area contributed by atoms with Gasteiger partial charge in [0.25, 0.3) is 0 Å². The zero-order valence-electron chi connectivity index (χ0n) is 8.95. The van der Waals surface area contributed by atoms with Crippen LogP contribution in [0.15, 0.2) is 11.6 Å².